The number of pyridine rings is 1. The van der Waals surface area contributed by atoms with Crippen molar-refractivity contribution in [3.8, 4) is 0 Å². The average Bonchev–Trinajstić information content (AvgIpc) is 2.95. The SMILES string of the molecule is Cc1nc2c(Cl)cc(Cl)cn2c1C(=O)N1CCCC1. The van der Waals surface area contributed by atoms with Gasteiger partial charge in [-0.05, 0) is 25.8 Å². The molecule has 1 amide bonds. The van der Waals surface area contributed by atoms with E-state index >= 15 is 0 Å². The van der Waals surface area contributed by atoms with Crippen molar-refractivity contribution in [1.82, 2.24) is 14.3 Å². The molecule has 0 spiro atoms. The van der Waals surface area contributed by atoms with Crippen molar-refractivity contribution < 1.29 is 4.79 Å². The number of hydrogen-bond donors (Lipinski definition) is 0. The van der Waals surface area contributed by atoms with Crippen LogP contribution in [0.25, 0.3) is 5.65 Å². The van der Waals surface area contributed by atoms with Gasteiger partial charge >= 0.3 is 0 Å². The molecule has 6 heteroatoms. The van der Waals surface area contributed by atoms with E-state index < -0.39 is 0 Å². The van der Waals surface area contributed by atoms with Crippen LogP contribution in [-0.2, 0) is 0 Å². The maximum Gasteiger partial charge on any atom is 0.272 e. The first-order valence-corrected chi connectivity index (χ1v) is 6.96. The van der Waals surface area contributed by atoms with Crippen molar-refractivity contribution in [1.29, 1.82) is 0 Å². The fourth-order valence-corrected chi connectivity index (χ4v) is 3.03. The van der Waals surface area contributed by atoms with Crippen LogP contribution in [0.15, 0.2) is 12.3 Å². The number of aromatic nitrogens is 2. The lowest BCUT2D eigenvalue weighted by molar-refractivity contribution is 0.0785. The molecule has 2 aromatic rings. The van der Waals surface area contributed by atoms with Gasteiger partial charge in [-0.2, -0.15) is 0 Å². The van der Waals surface area contributed by atoms with E-state index in [2.05, 4.69) is 4.98 Å². The molecule has 3 rings (SSSR count). The van der Waals surface area contributed by atoms with Crippen LogP contribution in [0.5, 0.6) is 0 Å². The molecule has 2 aromatic heterocycles. The van der Waals surface area contributed by atoms with E-state index in [1.54, 1.807) is 16.7 Å². The predicted octanol–water partition coefficient (Wildman–Crippen LogP) is 3.19. The number of nitrogens with zero attached hydrogens (tertiary/aromatic N) is 3. The Hall–Kier alpha value is -1.26. The van der Waals surface area contributed by atoms with Crippen LogP contribution in [0.2, 0.25) is 10.0 Å². The van der Waals surface area contributed by atoms with E-state index in [9.17, 15) is 4.79 Å². The van der Waals surface area contributed by atoms with Gasteiger partial charge in [0.05, 0.1) is 15.7 Å². The lowest BCUT2D eigenvalue weighted by Crippen LogP contribution is -2.29. The van der Waals surface area contributed by atoms with Gasteiger partial charge in [0.1, 0.15) is 5.69 Å². The summed E-state index contributed by atoms with van der Waals surface area (Å²) < 4.78 is 1.70. The molecule has 3 heterocycles. The third-order valence-electron chi connectivity index (χ3n) is 3.41. The molecular weight excluding hydrogens is 285 g/mol. The number of carbonyl (C=O) groups is 1. The molecule has 100 valence electrons. The van der Waals surface area contributed by atoms with Gasteiger partial charge in [0.15, 0.2) is 5.65 Å². The largest absolute Gasteiger partial charge is 0.337 e. The monoisotopic (exact) mass is 297 g/mol. The number of carbonyl (C=O) groups excluding carboxylic acids is 1. The molecule has 0 aromatic carbocycles. The third-order valence-corrected chi connectivity index (χ3v) is 3.90. The summed E-state index contributed by atoms with van der Waals surface area (Å²) in [7, 11) is 0. The number of aryl methyl sites for hydroxylation is 1. The highest BCUT2D eigenvalue weighted by Crippen LogP contribution is 2.25. The van der Waals surface area contributed by atoms with Gasteiger partial charge in [-0.3, -0.25) is 9.20 Å². The Kier molecular flexibility index (Phi) is 3.15. The lowest BCUT2D eigenvalue weighted by Gasteiger charge is -2.15. The minimum atomic E-state index is 0.000772. The van der Waals surface area contributed by atoms with Crippen molar-refractivity contribution >= 4 is 34.8 Å². The first-order chi connectivity index (χ1) is 9.08. The fraction of sp³-hybridized carbons (Fsp3) is 0.385. The van der Waals surface area contributed by atoms with E-state index in [4.69, 9.17) is 23.2 Å². The zero-order chi connectivity index (χ0) is 13.6. The van der Waals surface area contributed by atoms with Crippen LogP contribution in [0, 0.1) is 6.92 Å². The normalized spacial score (nSPS) is 15.4. The maximum atomic E-state index is 12.5. The molecule has 1 aliphatic rings. The number of halogens is 2. The highest BCUT2D eigenvalue weighted by molar-refractivity contribution is 6.36. The second kappa shape index (κ2) is 4.69. The maximum absolute atomic E-state index is 12.5. The number of likely N-dealkylation sites (tertiary alicyclic amines) is 1. The second-order valence-corrected chi connectivity index (χ2v) is 5.59. The Labute approximate surface area is 120 Å². The smallest absolute Gasteiger partial charge is 0.272 e. The topological polar surface area (TPSA) is 37.6 Å². The Balaban J connectivity index is 2.17. The Morgan fingerprint density at radius 3 is 2.68 bits per heavy atom. The fourth-order valence-electron chi connectivity index (χ4n) is 2.51. The Bertz CT molecular complexity index is 659. The molecule has 0 saturated carbocycles. The van der Waals surface area contributed by atoms with Crippen molar-refractivity contribution in [3.63, 3.8) is 0 Å². The van der Waals surface area contributed by atoms with E-state index in [-0.39, 0.29) is 5.91 Å². The minimum absolute atomic E-state index is 0.000772. The van der Waals surface area contributed by atoms with Gasteiger partial charge in [-0.15, -0.1) is 0 Å². The highest BCUT2D eigenvalue weighted by Gasteiger charge is 2.25. The third kappa shape index (κ3) is 2.09. The van der Waals surface area contributed by atoms with Gasteiger partial charge < -0.3 is 4.90 Å². The summed E-state index contributed by atoms with van der Waals surface area (Å²) >= 11 is 12.1. The molecule has 0 aliphatic carbocycles. The van der Waals surface area contributed by atoms with Gasteiger partial charge in [0.25, 0.3) is 5.91 Å². The number of hydrogen-bond acceptors (Lipinski definition) is 2. The number of fused-ring (bicyclic) bond motifs is 1. The molecule has 0 atom stereocenters. The van der Waals surface area contributed by atoms with Crippen LogP contribution in [0.1, 0.15) is 29.0 Å². The van der Waals surface area contributed by atoms with Crippen molar-refractivity contribution in [3.05, 3.63) is 33.7 Å². The van der Waals surface area contributed by atoms with E-state index in [0.717, 1.165) is 25.9 Å². The summed E-state index contributed by atoms with van der Waals surface area (Å²) in [4.78, 5) is 18.8. The van der Waals surface area contributed by atoms with Gasteiger partial charge in [0.2, 0.25) is 0 Å². The molecule has 0 N–H and O–H groups in total. The van der Waals surface area contributed by atoms with Gasteiger partial charge in [-0.25, -0.2) is 4.98 Å². The summed E-state index contributed by atoms with van der Waals surface area (Å²) in [6.45, 7) is 3.43. The minimum Gasteiger partial charge on any atom is -0.337 e. The van der Waals surface area contributed by atoms with Crippen LogP contribution < -0.4 is 0 Å². The highest BCUT2D eigenvalue weighted by atomic mass is 35.5. The molecule has 0 radical (unpaired) electrons. The van der Waals surface area contributed by atoms with Crippen molar-refractivity contribution in [2.45, 2.75) is 19.8 Å². The molecular formula is C13H13Cl2N3O. The molecule has 1 fully saturated rings. The van der Waals surface area contributed by atoms with Crippen LogP contribution in [0.4, 0.5) is 0 Å². The van der Waals surface area contributed by atoms with Crippen molar-refractivity contribution in [2.24, 2.45) is 0 Å². The Morgan fingerprint density at radius 2 is 2.00 bits per heavy atom. The summed E-state index contributed by atoms with van der Waals surface area (Å²) in [5.41, 5.74) is 1.81. The van der Waals surface area contributed by atoms with Gasteiger partial charge in [0, 0.05) is 19.3 Å². The summed E-state index contributed by atoms with van der Waals surface area (Å²) in [6.07, 6.45) is 3.80. The summed E-state index contributed by atoms with van der Waals surface area (Å²) in [6, 6.07) is 1.63. The molecule has 1 aliphatic heterocycles. The molecule has 1 saturated heterocycles. The number of amides is 1. The molecule has 4 nitrogen and oxygen atoms in total. The van der Waals surface area contributed by atoms with E-state index in [1.807, 2.05) is 11.8 Å². The molecule has 19 heavy (non-hydrogen) atoms. The predicted molar refractivity (Wildman–Crippen MR) is 75.1 cm³/mol. The van der Waals surface area contributed by atoms with E-state index in [0.29, 0.717) is 27.1 Å². The van der Waals surface area contributed by atoms with Crippen LogP contribution >= 0.6 is 23.2 Å². The molecule has 0 bridgehead atoms. The quantitative estimate of drug-likeness (QED) is 0.811. The Morgan fingerprint density at radius 1 is 1.32 bits per heavy atom. The number of rotatable bonds is 1. The first-order valence-electron chi connectivity index (χ1n) is 6.21. The zero-order valence-electron chi connectivity index (χ0n) is 10.5. The summed E-state index contributed by atoms with van der Waals surface area (Å²) in [5, 5.41) is 0.946. The average molecular weight is 298 g/mol. The van der Waals surface area contributed by atoms with Crippen LogP contribution in [0.3, 0.4) is 0 Å². The van der Waals surface area contributed by atoms with E-state index in [1.165, 1.54) is 0 Å². The zero-order valence-corrected chi connectivity index (χ0v) is 12.0. The van der Waals surface area contributed by atoms with Crippen LogP contribution in [-0.4, -0.2) is 33.3 Å². The van der Waals surface area contributed by atoms with Gasteiger partial charge in [-0.1, -0.05) is 23.2 Å². The van der Waals surface area contributed by atoms with Crippen molar-refractivity contribution in [2.75, 3.05) is 13.1 Å². The first kappa shape index (κ1) is 12.8. The number of imidazole rings is 1. The molecule has 0 unspecified atom stereocenters. The lowest BCUT2D eigenvalue weighted by atomic mass is 10.3. The standard InChI is InChI=1S/C13H13Cl2N3O/c1-8-11(13(19)17-4-2-3-5-17)18-7-9(14)6-10(15)12(18)16-8/h6-7H,2-5H2,1H3. The second-order valence-electron chi connectivity index (χ2n) is 4.74. The summed E-state index contributed by atoms with van der Waals surface area (Å²) in [5.74, 6) is 0.000772.